The lowest BCUT2D eigenvalue weighted by Gasteiger charge is -2.35. The lowest BCUT2D eigenvalue weighted by atomic mass is 9.91. The molecule has 6 nitrogen and oxygen atoms in total. The lowest BCUT2D eigenvalue weighted by Crippen LogP contribution is -2.40. The number of Topliss-reactive ketones (excluding diaryl/α,β-unsaturated/α-hetero) is 1. The van der Waals surface area contributed by atoms with E-state index in [1.807, 2.05) is 6.92 Å². The number of benzene rings is 1. The Morgan fingerprint density at radius 1 is 1.16 bits per heavy atom. The zero-order valence-electron chi connectivity index (χ0n) is 17.6. The fraction of sp³-hybridized carbons (Fsp3) is 0.375. The smallest absolute Gasteiger partial charge is 0.295 e. The highest BCUT2D eigenvalue weighted by molar-refractivity contribution is 6.46. The van der Waals surface area contributed by atoms with Crippen LogP contribution in [0.3, 0.4) is 0 Å². The number of aliphatic hydroxyl groups is 1. The Labute approximate surface area is 186 Å². The first-order valence-corrected chi connectivity index (χ1v) is 10.9. The van der Waals surface area contributed by atoms with E-state index in [9.17, 15) is 14.7 Å². The van der Waals surface area contributed by atoms with Crippen LogP contribution in [0.2, 0.25) is 5.02 Å². The minimum absolute atomic E-state index is 0.0448. The van der Waals surface area contributed by atoms with E-state index in [4.69, 9.17) is 16.3 Å². The third-order valence-corrected chi connectivity index (χ3v) is 6.40. The minimum atomic E-state index is -0.690. The van der Waals surface area contributed by atoms with Gasteiger partial charge in [0, 0.05) is 18.4 Å². The van der Waals surface area contributed by atoms with Gasteiger partial charge in [0.25, 0.3) is 11.7 Å². The van der Waals surface area contributed by atoms with Crippen molar-refractivity contribution in [2.24, 2.45) is 0 Å². The van der Waals surface area contributed by atoms with Gasteiger partial charge in [0.1, 0.15) is 11.5 Å². The maximum Gasteiger partial charge on any atom is 0.295 e. The Bertz CT molecular complexity index is 1050. The largest absolute Gasteiger partial charge is 0.507 e. The van der Waals surface area contributed by atoms with Crippen LogP contribution in [0.25, 0.3) is 5.76 Å². The molecule has 0 spiro atoms. The average Bonchev–Trinajstić information content (AvgIpc) is 3.04. The molecule has 1 N–H and O–H groups in total. The molecule has 0 bridgehead atoms. The van der Waals surface area contributed by atoms with E-state index in [1.54, 1.807) is 41.6 Å². The number of rotatable bonds is 4. The number of aliphatic hydroxyl groups excluding tert-OH is 1. The molecule has 1 aliphatic heterocycles. The summed E-state index contributed by atoms with van der Waals surface area (Å²) in [6, 6.07) is 6.25. The van der Waals surface area contributed by atoms with E-state index in [0.717, 1.165) is 43.2 Å². The summed E-state index contributed by atoms with van der Waals surface area (Å²) >= 11 is 6.33. The van der Waals surface area contributed by atoms with Crippen LogP contribution in [-0.2, 0) is 9.59 Å². The maximum absolute atomic E-state index is 13.2. The molecule has 1 atom stereocenters. The summed E-state index contributed by atoms with van der Waals surface area (Å²) in [7, 11) is 1.45. The van der Waals surface area contributed by atoms with Crippen molar-refractivity contribution in [2.75, 3.05) is 7.11 Å². The van der Waals surface area contributed by atoms with Gasteiger partial charge in [-0.05, 0) is 55.2 Å². The second kappa shape index (κ2) is 8.71. The van der Waals surface area contributed by atoms with Crippen molar-refractivity contribution >= 4 is 29.1 Å². The zero-order chi connectivity index (χ0) is 22.1. The van der Waals surface area contributed by atoms with Crippen LogP contribution in [0.4, 0.5) is 0 Å². The number of amides is 1. The number of methoxy groups -OCH3 is 1. The minimum Gasteiger partial charge on any atom is -0.507 e. The monoisotopic (exact) mass is 440 g/mol. The van der Waals surface area contributed by atoms with Crippen molar-refractivity contribution in [1.82, 2.24) is 9.88 Å². The van der Waals surface area contributed by atoms with Crippen LogP contribution in [0, 0.1) is 6.92 Å². The Kier molecular flexibility index (Phi) is 6.01. The van der Waals surface area contributed by atoms with E-state index in [-0.39, 0.29) is 23.1 Å². The van der Waals surface area contributed by atoms with Crippen molar-refractivity contribution in [2.45, 2.75) is 51.1 Å². The Balaban J connectivity index is 1.93. The van der Waals surface area contributed by atoms with Gasteiger partial charge >= 0.3 is 0 Å². The molecular weight excluding hydrogens is 416 g/mol. The van der Waals surface area contributed by atoms with E-state index >= 15 is 0 Å². The van der Waals surface area contributed by atoms with Crippen LogP contribution in [0.5, 0.6) is 5.75 Å². The maximum atomic E-state index is 13.2. The molecule has 2 aromatic rings. The van der Waals surface area contributed by atoms with E-state index in [2.05, 4.69) is 4.98 Å². The Morgan fingerprint density at radius 2 is 1.84 bits per heavy atom. The van der Waals surface area contributed by atoms with Gasteiger partial charge in [0.05, 0.1) is 29.3 Å². The van der Waals surface area contributed by atoms with Gasteiger partial charge in [0.2, 0.25) is 0 Å². The third-order valence-electron chi connectivity index (χ3n) is 6.12. The highest BCUT2D eigenvalue weighted by atomic mass is 35.5. The number of hydrogen-bond acceptors (Lipinski definition) is 5. The van der Waals surface area contributed by atoms with E-state index in [0.29, 0.717) is 10.6 Å². The van der Waals surface area contributed by atoms with Gasteiger partial charge < -0.3 is 14.7 Å². The predicted molar refractivity (Wildman–Crippen MR) is 118 cm³/mol. The zero-order valence-corrected chi connectivity index (χ0v) is 18.4. The van der Waals surface area contributed by atoms with Gasteiger partial charge in [-0.3, -0.25) is 14.6 Å². The van der Waals surface area contributed by atoms with E-state index < -0.39 is 17.7 Å². The number of pyridine rings is 1. The second-order valence-electron chi connectivity index (χ2n) is 8.11. The van der Waals surface area contributed by atoms with Crippen LogP contribution in [0.1, 0.15) is 54.8 Å². The number of halogens is 1. The molecule has 1 aromatic carbocycles. The summed E-state index contributed by atoms with van der Waals surface area (Å²) in [5.74, 6) is -1.28. The summed E-state index contributed by atoms with van der Waals surface area (Å²) in [4.78, 5) is 32.1. The molecule has 1 aromatic heterocycles. The first-order valence-electron chi connectivity index (χ1n) is 10.5. The van der Waals surface area contributed by atoms with E-state index in [1.165, 1.54) is 7.11 Å². The molecule has 2 heterocycles. The molecule has 7 heteroatoms. The van der Waals surface area contributed by atoms with Crippen molar-refractivity contribution < 1.29 is 19.4 Å². The standard InChI is InChI=1S/C24H25ClN2O4/c1-14-12-17(23(31-2)18(25)13-14)21(28)19-20(15-8-10-26-11-9-15)27(24(30)22(19)29)16-6-4-3-5-7-16/h8-13,16,20,28H,3-7H2,1-2H3/b21-19+. The highest BCUT2D eigenvalue weighted by Crippen LogP contribution is 2.44. The number of nitrogens with zero attached hydrogens (tertiary/aromatic N) is 2. The fourth-order valence-electron chi connectivity index (χ4n) is 4.72. The summed E-state index contributed by atoms with van der Waals surface area (Å²) in [5, 5.41) is 11.7. The number of aromatic nitrogens is 1. The second-order valence-corrected chi connectivity index (χ2v) is 8.51. The molecule has 4 rings (SSSR count). The molecule has 2 fully saturated rings. The summed E-state index contributed by atoms with van der Waals surface area (Å²) in [6.07, 6.45) is 8.08. The molecule has 2 aliphatic rings. The third kappa shape index (κ3) is 3.81. The van der Waals surface area contributed by atoms with Crippen molar-refractivity contribution in [1.29, 1.82) is 0 Å². The van der Waals surface area contributed by atoms with Gasteiger partial charge in [0.15, 0.2) is 0 Å². The van der Waals surface area contributed by atoms with Gasteiger partial charge in [-0.1, -0.05) is 30.9 Å². The number of ketones is 1. The SMILES string of the molecule is COc1c(Cl)cc(C)cc1/C(O)=C1\C(=O)C(=O)N(C2CCCCC2)C1c1ccncc1. The normalized spacial score (nSPS) is 21.5. The molecule has 1 saturated heterocycles. The number of carbonyl (C=O) groups is 2. The van der Waals surface area contributed by atoms with Crippen LogP contribution in [0.15, 0.2) is 42.2 Å². The van der Waals surface area contributed by atoms with Crippen molar-refractivity contribution in [3.63, 3.8) is 0 Å². The molecule has 0 radical (unpaired) electrons. The van der Waals surface area contributed by atoms with Crippen molar-refractivity contribution in [3.05, 3.63) is 63.9 Å². The first-order chi connectivity index (χ1) is 14.9. The Morgan fingerprint density at radius 3 is 2.48 bits per heavy atom. The Hall–Kier alpha value is -2.86. The summed E-state index contributed by atoms with van der Waals surface area (Å²) in [6.45, 7) is 1.84. The fourth-order valence-corrected chi connectivity index (χ4v) is 5.07. The van der Waals surface area contributed by atoms with Gasteiger partial charge in [-0.2, -0.15) is 0 Å². The van der Waals surface area contributed by atoms with Gasteiger partial charge in [-0.15, -0.1) is 0 Å². The van der Waals surface area contributed by atoms with Crippen LogP contribution < -0.4 is 4.74 Å². The molecule has 1 aliphatic carbocycles. The lowest BCUT2D eigenvalue weighted by molar-refractivity contribution is -0.141. The molecule has 31 heavy (non-hydrogen) atoms. The van der Waals surface area contributed by atoms with Crippen LogP contribution >= 0.6 is 11.6 Å². The summed E-state index contributed by atoms with van der Waals surface area (Å²) in [5.41, 5.74) is 1.89. The molecular formula is C24H25ClN2O4. The molecule has 1 saturated carbocycles. The predicted octanol–water partition coefficient (Wildman–Crippen LogP) is 4.81. The molecule has 1 amide bonds. The van der Waals surface area contributed by atoms with Crippen molar-refractivity contribution in [3.8, 4) is 5.75 Å². The first kappa shape index (κ1) is 21.4. The molecule has 1 unspecified atom stereocenters. The van der Waals surface area contributed by atoms with Crippen LogP contribution in [-0.4, -0.2) is 39.8 Å². The number of ether oxygens (including phenoxy) is 1. The average molecular weight is 441 g/mol. The number of hydrogen-bond donors (Lipinski definition) is 1. The highest BCUT2D eigenvalue weighted by Gasteiger charge is 2.49. The number of aryl methyl sites for hydroxylation is 1. The van der Waals surface area contributed by atoms with Gasteiger partial charge in [-0.25, -0.2) is 0 Å². The summed E-state index contributed by atoms with van der Waals surface area (Å²) < 4.78 is 5.41. The quantitative estimate of drug-likeness (QED) is 0.419. The topological polar surface area (TPSA) is 79.7 Å². The molecule has 162 valence electrons. The number of likely N-dealkylation sites (tertiary alicyclic amines) is 1. The number of carbonyl (C=O) groups excluding carboxylic acids is 2.